The van der Waals surface area contributed by atoms with Crippen LogP contribution < -0.4 is 11.1 Å². The minimum Gasteiger partial charge on any atom is -0.346 e. The molecule has 1 saturated carbocycles. The first-order chi connectivity index (χ1) is 18.4. The summed E-state index contributed by atoms with van der Waals surface area (Å²) in [6, 6.07) is 24.5. The van der Waals surface area contributed by atoms with Gasteiger partial charge < -0.3 is 11.1 Å². The molecular formula is C32H35ClN4O2. The number of carbonyl (C=O) groups excluding carboxylic acids is 2. The van der Waals surface area contributed by atoms with Crippen molar-refractivity contribution in [2.45, 2.75) is 57.5 Å². The molecule has 3 N–H and O–H groups in total. The maximum Gasteiger partial charge on any atom is 0.223 e. The number of aryl methyl sites for hydroxylation is 1. The SMILES string of the molecule is Cl.[C-]#[N+]c1ccc(CCC(=O)[C@H](C)NC(=O)[C@@H]2CC[C@@H](c3ccccc3)C2)cc1.[C-]#[N+]c1ccc(CN)cc1. The van der Waals surface area contributed by atoms with E-state index in [0.717, 1.165) is 30.4 Å². The lowest BCUT2D eigenvalue weighted by Crippen LogP contribution is -2.41. The summed E-state index contributed by atoms with van der Waals surface area (Å²) in [6.07, 6.45) is 3.75. The van der Waals surface area contributed by atoms with Gasteiger partial charge in [0.05, 0.1) is 19.2 Å². The molecule has 0 bridgehead atoms. The molecule has 0 aromatic heterocycles. The van der Waals surface area contributed by atoms with Gasteiger partial charge in [0.2, 0.25) is 5.91 Å². The van der Waals surface area contributed by atoms with Crippen LogP contribution in [0, 0.1) is 19.1 Å². The fourth-order valence-electron chi connectivity index (χ4n) is 4.59. The lowest BCUT2D eigenvalue weighted by Gasteiger charge is -2.17. The van der Waals surface area contributed by atoms with Crippen molar-refractivity contribution in [2.24, 2.45) is 11.7 Å². The van der Waals surface area contributed by atoms with Crippen LogP contribution >= 0.6 is 12.4 Å². The van der Waals surface area contributed by atoms with Gasteiger partial charge in [-0.05, 0) is 49.7 Å². The Morgan fingerprint density at radius 2 is 1.46 bits per heavy atom. The summed E-state index contributed by atoms with van der Waals surface area (Å²) < 4.78 is 0. The zero-order chi connectivity index (χ0) is 27.3. The molecule has 0 saturated heterocycles. The quantitative estimate of drug-likeness (QED) is 0.302. The van der Waals surface area contributed by atoms with Crippen molar-refractivity contribution >= 4 is 35.5 Å². The Morgan fingerprint density at radius 3 is 2.00 bits per heavy atom. The lowest BCUT2D eigenvalue weighted by molar-refractivity contribution is -0.129. The summed E-state index contributed by atoms with van der Waals surface area (Å²) in [7, 11) is 0. The minimum absolute atomic E-state index is 0. The number of nitrogens with zero attached hydrogens (tertiary/aromatic N) is 2. The Bertz CT molecular complexity index is 1280. The topological polar surface area (TPSA) is 80.9 Å². The van der Waals surface area contributed by atoms with Gasteiger partial charge in [0.1, 0.15) is 0 Å². The highest BCUT2D eigenvalue weighted by molar-refractivity contribution is 5.89. The molecule has 6 nitrogen and oxygen atoms in total. The molecule has 1 aliphatic carbocycles. The zero-order valence-electron chi connectivity index (χ0n) is 22.2. The summed E-state index contributed by atoms with van der Waals surface area (Å²) in [5.74, 6) is 0.462. The molecule has 7 heteroatoms. The van der Waals surface area contributed by atoms with E-state index in [1.54, 1.807) is 31.2 Å². The third-order valence-electron chi connectivity index (χ3n) is 6.94. The Labute approximate surface area is 237 Å². The number of ketones is 1. The van der Waals surface area contributed by atoms with Gasteiger partial charge in [0.25, 0.3) is 0 Å². The number of hydrogen-bond donors (Lipinski definition) is 2. The summed E-state index contributed by atoms with van der Waals surface area (Å²) in [4.78, 5) is 31.6. The summed E-state index contributed by atoms with van der Waals surface area (Å²) >= 11 is 0. The molecule has 0 unspecified atom stereocenters. The molecule has 4 rings (SSSR count). The zero-order valence-corrected chi connectivity index (χ0v) is 23.0. The van der Waals surface area contributed by atoms with Gasteiger partial charge >= 0.3 is 0 Å². The maximum absolute atomic E-state index is 12.6. The number of nitrogens with one attached hydrogen (secondary N) is 1. The molecule has 202 valence electrons. The highest BCUT2D eigenvalue weighted by Gasteiger charge is 2.31. The maximum atomic E-state index is 12.6. The molecule has 3 atom stereocenters. The van der Waals surface area contributed by atoms with Crippen LogP contribution in [0.2, 0.25) is 0 Å². The normalized spacial score (nSPS) is 16.3. The smallest absolute Gasteiger partial charge is 0.223 e. The van der Waals surface area contributed by atoms with E-state index >= 15 is 0 Å². The third kappa shape index (κ3) is 9.69. The van der Waals surface area contributed by atoms with Crippen molar-refractivity contribution in [1.29, 1.82) is 0 Å². The van der Waals surface area contributed by atoms with Crippen molar-refractivity contribution < 1.29 is 9.59 Å². The highest BCUT2D eigenvalue weighted by Crippen LogP contribution is 2.38. The van der Waals surface area contributed by atoms with E-state index in [2.05, 4.69) is 27.1 Å². The van der Waals surface area contributed by atoms with Gasteiger partial charge in [-0.25, -0.2) is 9.69 Å². The molecule has 1 fully saturated rings. The van der Waals surface area contributed by atoms with E-state index in [9.17, 15) is 9.59 Å². The average molecular weight is 543 g/mol. The first-order valence-corrected chi connectivity index (χ1v) is 12.9. The molecule has 1 amide bonds. The molecule has 0 aliphatic heterocycles. The minimum atomic E-state index is -0.467. The number of hydrogen-bond acceptors (Lipinski definition) is 3. The summed E-state index contributed by atoms with van der Waals surface area (Å²) in [6.45, 7) is 15.9. The van der Waals surface area contributed by atoms with Crippen molar-refractivity contribution in [2.75, 3.05) is 0 Å². The fourth-order valence-corrected chi connectivity index (χ4v) is 4.59. The van der Waals surface area contributed by atoms with Crippen molar-refractivity contribution in [3.05, 3.63) is 118 Å². The molecule has 39 heavy (non-hydrogen) atoms. The number of benzene rings is 3. The molecule has 0 radical (unpaired) electrons. The Hall–Kier alpha value is -3.97. The molecule has 0 heterocycles. The third-order valence-corrected chi connectivity index (χ3v) is 6.94. The predicted molar refractivity (Wildman–Crippen MR) is 158 cm³/mol. The second-order valence-electron chi connectivity index (χ2n) is 9.57. The van der Waals surface area contributed by atoms with Gasteiger partial charge in [-0.15, -0.1) is 12.4 Å². The molecule has 3 aromatic carbocycles. The first-order valence-electron chi connectivity index (χ1n) is 12.9. The Morgan fingerprint density at radius 1 is 0.897 bits per heavy atom. The average Bonchev–Trinajstić information content (AvgIpc) is 3.48. The van der Waals surface area contributed by atoms with Crippen LogP contribution in [-0.4, -0.2) is 17.7 Å². The van der Waals surface area contributed by atoms with E-state index < -0.39 is 6.04 Å². The van der Waals surface area contributed by atoms with Crippen molar-refractivity contribution in [3.63, 3.8) is 0 Å². The molecule has 0 spiro atoms. The van der Waals surface area contributed by atoms with Gasteiger partial charge in [0, 0.05) is 18.9 Å². The van der Waals surface area contributed by atoms with Gasteiger partial charge in [-0.2, -0.15) is 0 Å². The van der Waals surface area contributed by atoms with Crippen LogP contribution in [0.5, 0.6) is 0 Å². The largest absolute Gasteiger partial charge is 0.346 e. The molecular weight excluding hydrogens is 508 g/mol. The van der Waals surface area contributed by atoms with E-state index in [-0.39, 0.29) is 30.0 Å². The van der Waals surface area contributed by atoms with E-state index in [1.807, 2.05) is 42.5 Å². The van der Waals surface area contributed by atoms with Crippen LogP contribution in [0.3, 0.4) is 0 Å². The fraction of sp³-hybridized carbons (Fsp3) is 0.312. The number of nitrogens with two attached hydrogens (primary N) is 1. The molecule has 1 aliphatic rings. The lowest BCUT2D eigenvalue weighted by atomic mass is 9.96. The first kappa shape index (κ1) is 31.2. The summed E-state index contributed by atoms with van der Waals surface area (Å²) in [5, 5.41) is 2.92. The summed E-state index contributed by atoms with van der Waals surface area (Å²) in [5.41, 5.74) is 10.0. The van der Waals surface area contributed by atoms with E-state index in [0.29, 0.717) is 36.7 Å². The standard InChI is InChI=1S/C24H26N2O2.C8H8N2.ClH/c1-17(23(27)15-10-18-8-13-22(25-2)14-9-18)26-24(28)21-12-11-20(16-21)19-6-4-3-5-7-19;1-10-8-4-2-7(6-9)3-5-8;/h3-9,13-14,17,20-21H,10-12,15-16H2,1H3,(H,26,28);2-5H,6,9H2;1H/t17-,20+,21+;;/m0../s1. The highest BCUT2D eigenvalue weighted by atomic mass is 35.5. The van der Waals surface area contributed by atoms with Crippen LogP contribution in [0.1, 0.15) is 55.2 Å². The number of carbonyl (C=O) groups is 2. The number of halogens is 1. The second-order valence-corrected chi connectivity index (χ2v) is 9.57. The van der Waals surface area contributed by atoms with Crippen LogP contribution in [0.4, 0.5) is 11.4 Å². The molecule has 3 aromatic rings. The van der Waals surface area contributed by atoms with Crippen LogP contribution in [0.15, 0.2) is 78.9 Å². The number of Topliss-reactive ketones (excluding diaryl/α,β-unsaturated/α-hetero) is 1. The monoisotopic (exact) mass is 542 g/mol. The van der Waals surface area contributed by atoms with Crippen LogP contribution in [-0.2, 0) is 22.6 Å². The Kier molecular flexibility index (Phi) is 12.9. The number of rotatable bonds is 8. The second kappa shape index (κ2) is 16.1. The van der Waals surface area contributed by atoms with Gasteiger partial charge in [0.15, 0.2) is 17.2 Å². The Balaban J connectivity index is 0.000000410. The van der Waals surface area contributed by atoms with Crippen molar-refractivity contribution in [1.82, 2.24) is 5.32 Å². The van der Waals surface area contributed by atoms with E-state index in [4.69, 9.17) is 18.9 Å². The van der Waals surface area contributed by atoms with Crippen LogP contribution in [0.25, 0.3) is 9.69 Å². The predicted octanol–water partition coefficient (Wildman–Crippen LogP) is 6.95. The number of amides is 1. The van der Waals surface area contributed by atoms with E-state index in [1.165, 1.54) is 5.56 Å². The van der Waals surface area contributed by atoms with Gasteiger partial charge in [-0.3, -0.25) is 9.59 Å². The van der Waals surface area contributed by atoms with Crippen molar-refractivity contribution in [3.8, 4) is 0 Å². The van der Waals surface area contributed by atoms with Gasteiger partial charge in [-0.1, -0.05) is 84.4 Å².